The summed E-state index contributed by atoms with van der Waals surface area (Å²) in [5.41, 5.74) is 0. The number of likely N-dealkylation sites (tertiary alicyclic amines) is 1. The van der Waals surface area contributed by atoms with Gasteiger partial charge < -0.3 is 15.1 Å². The predicted octanol–water partition coefficient (Wildman–Crippen LogP) is 1.07. The Morgan fingerprint density at radius 1 is 1.28 bits per heavy atom. The molecule has 0 aliphatic carbocycles. The summed E-state index contributed by atoms with van der Waals surface area (Å²) in [5, 5.41) is 3.39. The van der Waals surface area contributed by atoms with Gasteiger partial charge >= 0.3 is 0 Å². The Hall–Kier alpha value is -0.610. The molecule has 2 fully saturated rings. The summed E-state index contributed by atoms with van der Waals surface area (Å²) in [5.74, 6) is 0.289. The lowest BCUT2D eigenvalue weighted by Gasteiger charge is -2.28. The molecular weight excluding hydrogens is 226 g/mol. The summed E-state index contributed by atoms with van der Waals surface area (Å²) in [6, 6.07) is 0.619. The largest absolute Gasteiger partial charge is 0.343 e. The standard InChI is InChI=1S/C14H27N3O/c1-16-10-6-7-12(16)11-17(2)14(18)13-8-4-3-5-9-15-13/h12-13,15H,3-11H2,1-2H3. The maximum atomic E-state index is 12.4. The summed E-state index contributed by atoms with van der Waals surface area (Å²) >= 11 is 0. The van der Waals surface area contributed by atoms with Crippen LogP contribution in [-0.2, 0) is 4.79 Å². The SMILES string of the molecule is CN(CC1CCCN1C)C(=O)C1CCCCCN1. The van der Waals surface area contributed by atoms with E-state index in [1.165, 1.54) is 38.6 Å². The number of carbonyl (C=O) groups is 1. The van der Waals surface area contributed by atoms with Crippen molar-refractivity contribution in [3.63, 3.8) is 0 Å². The van der Waals surface area contributed by atoms with E-state index in [0.29, 0.717) is 6.04 Å². The summed E-state index contributed by atoms with van der Waals surface area (Å²) in [7, 11) is 4.13. The zero-order chi connectivity index (χ0) is 13.0. The van der Waals surface area contributed by atoms with E-state index in [-0.39, 0.29) is 11.9 Å². The molecule has 0 aromatic carbocycles. The number of hydrogen-bond acceptors (Lipinski definition) is 3. The van der Waals surface area contributed by atoms with Gasteiger partial charge in [0.25, 0.3) is 0 Å². The predicted molar refractivity (Wildman–Crippen MR) is 73.5 cm³/mol. The Morgan fingerprint density at radius 2 is 2.11 bits per heavy atom. The summed E-state index contributed by atoms with van der Waals surface area (Å²) in [6.07, 6.45) is 7.14. The highest BCUT2D eigenvalue weighted by atomic mass is 16.2. The van der Waals surface area contributed by atoms with Gasteiger partial charge in [0.05, 0.1) is 6.04 Å². The van der Waals surface area contributed by atoms with Gasteiger partial charge in [0.15, 0.2) is 0 Å². The fraction of sp³-hybridized carbons (Fsp3) is 0.929. The van der Waals surface area contributed by atoms with Crippen molar-refractivity contribution in [1.29, 1.82) is 0 Å². The molecule has 104 valence electrons. The highest BCUT2D eigenvalue weighted by molar-refractivity contribution is 5.81. The van der Waals surface area contributed by atoms with Crippen molar-refractivity contribution >= 4 is 5.91 Å². The second-order valence-corrected chi connectivity index (χ2v) is 5.85. The van der Waals surface area contributed by atoms with Crippen molar-refractivity contribution in [3.8, 4) is 0 Å². The van der Waals surface area contributed by atoms with Gasteiger partial charge in [0, 0.05) is 19.6 Å². The van der Waals surface area contributed by atoms with Crippen LogP contribution in [-0.4, -0.2) is 61.5 Å². The van der Waals surface area contributed by atoms with Crippen LogP contribution >= 0.6 is 0 Å². The molecule has 2 atom stereocenters. The number of rotatable bonds is 3. The fourth-order valence-corrected chi connectivity index (χ4v) is 3.12. The third-order valence-corrected chi connectivity index (χ3v) is 4.39. The van der Waals surface area contributed by atoms with E-state index in [1.807, 2.05) is 11.9 Å². The Balaban J connectivity index is 1.83. The Morgan fingerprint density at radius 3 is 2.83 bits per heavy atom. The van der Waals surface area contributed by atoms with E-state index >= 15 is 0 Å². The molecule has 2 rings (SSSR count). The number of carbonyl (C=O) groups excluding carboxylic acids is 1. The summed E-state index contributed by atoms with van der Waals surface area (Å²) < 4.78 is 0. The topological polar surface area (TPSA) is 35.6 Å². The fourth-order valence-electron chi connectivity index (χ4n) is 3.12. The molecule has 0 saturated carbocycles. The number of likely N-dealkylation sites (N-methyl/N-ethyl adjacent to an activating group) is 2. The lowest BCUT2D eigenvalue weighted by atomic mass is 10.1. The molecule has 0 bridgehead atoms. The summed E-state index contributed by atoms with van der Waals surface area (Å²) in [4.78, 5) is 16.7. The lowest BCUT2D eigenvalue weighted by Crippen LogP contribution is -2.48. The normalized spacial score (nSPS) is 30.1. The first kappa shape index (κ1) is 13.8. The smallest absolute Gasteiger partial charge is 0.239 e. The molecule has 2 unspecified atom stereocenters. The number of nitrogens with one attached hydrogen (secondary N) is 1. The maximum Gasteiger partial charge on any atom is 0.239 e. The minimum absolute atomic E-state index is 0.0595. The number of hydrogen-bond donors (Lipinski definition) is 1. The first-order valence-corrected chi connectivity index (χ1v) is 7.37. The molecule has 18 heavy (non-hydrogen) atoms. The van der Waals surface area contributed by atoms with Crippen LogP contribution in [0.2, 0.25) is 0 Å². The second-order valence-electron chi connectivity index (χ2n) is 5.85. The highest BCUT2D eigenvalue weighted by Crippen LogP contribution is 2.16. The van der Waals surface area contributed by atoms with Gasteiger partial charge in [-0.15, -0.1) is 0 Å². The molecule has 0 aromatic heterocycles. The second kappa shape index (κ2) is 6.53. The Bertz CT molecular complexity index is 274. The van der Waals surface area contributed by atoms with Crippen LogP contribution in [0.5, 0.6) is 0 Å². The number of amides is 1. The van der Waals surface area contributed by atoms with Crippen molar-refractivity contribution in [2.75, 3.05) is 33.7 Å². The minimum Gasteiger partial charge on any atom is -0.343 e. The molecule has 0 spiro atoms. The number of nitrogens with zero attached hydrogens (tertiary/aromatic N) is 2. The van der Waals surface area contributed by atoms with Crippen molar-refractivity contribution in [2.24, 2.45) is 0 Å². The third kappa shape index (κ3) is 3.45. The van der Waals surface area contributed by atoms with Gasteiger partial charge in [0.1, 0.15) is 0 Å². The molecule has 2 heterocycles. The van der Waals surface area contributed by atoms with Gasteiger partial charge in [-0.3, -0.25) is 4.79 Å². The van der Waals surface area contributed by atoms with Crippen LogP contribution in [0.4, 0.5) is 0 Å². The van der Waals surface area contributed by atoms with E-state index in [1.54, 1.807) is 0 Å². The van der Waals surface area contributed by atoms with Crippen LogP contribution in [0.1, 0.15) is 38.5 Å². The van der Waals surface area contributed by atoms with Gasteiger partial charge in [0.2, 0.25) is 5.91 Å². The Labute approximate surface area is 111 Å². The minimum atomic E-state index is 0.0595. The van der Waals surface area contributed by atoms with E-state index in [4.69, 9.17) is 0 Å². The first-order valence-electron chi connectivity index (χ1n) is 7.37. The summed E-state index contributed by atoms with van der Waals surface area (Å²) in [6.45, 7) is 3.05. The molecule has 2 aliphatic rings. The van der Waals surface area contributed by atoms with Crippen molar-refractivity contribution < 1.29 is 4.79 Å². The maximum absolute atomic E-state index is 12.4. The van der Waals surface area contributed by atoms with Crippen LogP contribution in [0.3, 0.4) is 0 Å². The van der Waals surface area contributed by atoms with E-state index in [0.717, 1.165) is 19.5 Å². The van der Waals surface area contributed by atoms with Crippen LogP contribution < -0.4 is 5.32 Å². The van der Waals surface area contributed by atoms with Gasteiger partial charge in [-0.1, -0.05) is 12.8 Å². The van der Waals surface area contributed by atoms with Crippen LogP contribution in [0.15, 0.2) is 0 Å². The monoisotopic (exact) mass is 253 g/mol. The molecular formula is C14H27N3O. The third-order valence-electron chi connectivity index (χ3n) is 4.39. The molecule has 1 amide bonds. The van der Waals surface area contributed by atoms with Gasteiger partial charge in [-0.2, -0.15) is 0 Å². The van der Waals surface area contributed by atoms with Crippen molar-refractivity contribution in [3.05, 3.63) is 0 Å². The van der Waals surface area contributed by atoms with Crippen LogP contribution in [0.25, 0.3) is 0 Å². The molecule has 2 aliphatic heterocycles. The van der Waals surface area contributed by atoms with Crippen LogP contribution in [0, 0.1) is 0 Å². The molecule has 4 heteroatoms. The highest BCUT2D eigenvalue weighted by Gasteiger charge is 2.27. The average Bonchev–Trinajstić information content (AvgIpc) is 2.63. The van der Waals surface area contributed by atoms with E-state index in [9.17, 15) is 4.79 Å². The molecule has 0 aromatic rings. The Kier molecular flexibility index (Phi) is 5.01. The molecule has 2 saturated heterocycles. The van der Waals surface area contributed by atoms with Crippen molar-refractivity contribution in [2.45, 2.75) is 50.6 Å². The quantitative estimate of drug-likeness (QED) is 0.817. The first-order chi connectivity index (χ1) is 8.68. The molecule has 4 nitrogen and oxygen atoms in total. The average molecular weight is 253 g/mol. The lowest BCUT2D eigenvalue weighted by molar-refractivity contribution is -0.132. The van der Waals surface area contributed by atoms with Crippen molar-refractivity contribution in [1.82, 2.24) is 15.1 Å². The van der Waals surface area contributed by atoms with Gasteiger partial charge in [-0.05, 0) is 45.8 Å². The molecule has 1 N–H and O–H groups in total. The zero-order valence-electron chi connectivity index (χ0n) is 11.8. The van der Waals surface area contributed by atoms with E-state index in [2.05, 4.69) is 17.3 Å². The van der Waals surface area contributed by atoms with E-state index < -0.39 is 0 Å². The zero-order valence-corrected chi connectivity index (χ0v) is 11.8. The molecule has 0 radical (unpaired) electrons. The van der Waals surface area contributed by atoms with Gasteiger partial charge in [-0.25, -0.2) is 0 Å².